The third-order valence-electron chi connectivity index (χ3n) is 2.50. The van der Waals surface area contributed by atoms with E-state index in [2.05, 4.69) is 0 Å². The number of sulfone groups is 1. The number of benzene rings is 1. The van der Waals surface area contributed by atoms with Gasteiger partial charge < -0.3 is 9.84 Å². The fourth-order valence-electron chi connectivity index (χ4n) is 1.54. The van der Waals surface area contributed by atoms with Crippen molar-refractivity contribution in [2.24, 2.45) is 0 Å². The lowest BCUT2D eigenvalue weighted by Gasteiger charge is -2.11. The molecule has 1 unspecified atom stereocenters. The second kappa shape index (κ2) is 6.14. The topological polar surface area (TPSA) is 63.6 Å². The van der Waals surface area contributed by atoms with Gasteiger partial charge in [-0.1, -0.05) is 12.1 Å². The average Bonchev–Trinajstić information content (AvgIpc) is 2.28. The number of ether oxygens (including phenoxy) is 1. The summed E-state index contributed by atoms with van der Waals surface area (Å²) >= 11 is 0. The lowest BCUT2D eigenvalue weighted by atomic mass is 10.1. The van der Waals surface area contributed by atoms with E-state index in [4.69, 9.17) is 4.74 Å². The highest BCUT2D eigenvalue weighted by Gasteiger charge is 2.12. The van der Waals surface area contributed by atoms with Crippen LogP contribution in [0.5, 0.6) is 0 Å². The quantitative estimate of drug-likeness (QED) is 0.786. The van der Waals surface area contributed by atoms with Crippen LogP contribution in [0.3, 0.4) is 0 Å². The van der Waals surface area contributed by atoms with Gasteiger partial charge in [0.1, 0.15) is 0 Å². The van der Waals surface area contributed by atoms with Gasteiger partial charge in [0.15, 0.2) is 9.84 Å². The van der Waals surface area contributed by atoms with Gasteiger partial charge in [0.05, 0.1) is 11.0 Å². The largest absolute Gasteiger partial charge is 0.388 e. The van der Waals surface area contributed by atoms with Crippen LogP contribution >= 0.6 is 0 Å². The molecule has 0 spiro atoms. The Morgan fingerprint density at radius 2 is 2.12 bits per heavy atom. The molecule has 5 heteroatoms. The highest BCUT2D eigenvalue weighted by molar-refractivity contribution is 7.90. The summed E-state index contributed by atoms with van der Waals surface area (Å²) in [5, 5.41) is 9.89. The van der Waals surface area contributed by atoms with Crippen molar-refractivity contribution in [2.45, 2.75) is 23.8 Å². The molecule has 0 aromatic heterocycles. The van der Waals surface area contributed by atoms with Crippen LogP contribution in [0.25, 0.3) is 0 Å². The first-order chi connectivity index (χ1) is 7.95. The molecule has 0 fully saturated rings. The predicted molar refractivity (Wildman–Crippen MR) is 65.6 cm³/mol. The summed E-state index contributed by atoms with van der Waals surface area (Å²) in [6.07, 6.45) is 1.80. The molecule has 4 nitrogen and oxygen atoms in total. The van der Waals surface area contributed by atoms with Gasteiger partial charge in [0.2, 0.25) is 0 Å². The lowest BCUT2D eigenvalue weighted by molar-refractivity contribution is 0.136. The lowest BCUT2D eigenvalue weighted by Crippen LogP contribution is -2.03. The normalized spacial score (nSPS) is 13.6. The van der Waals surface area contributed by atoms with Gasteiger partial charge in [-0.3, -0.25) is 0 Å². The summed E-state index contributed by atoms with van der Waals surface area (Å²) < 4.78 is 27.6. The molecule has 0 saturated carbocycles. The van der Waals surface area contributed by atoms with E-state index < -0.39 is 15.9 Å². The van der Waals surface area contributed by atoms with Gasteiger partial charge in [-0.05, 0) is 30.5 Å². The van der Waals surface area contributed by atoms with Crippen molar-refractivity contribution in [3.63, 3.8) is 0 Å². The maximum atomic E-state index is 11.4. The Kier molecular flexibility index (Phi) is 5.11. The molecular formula is C12H18O4S. The van der Waals surface area contributed by atoms with Gasteiger partial charge in [-0.25, -0.2) is 8.42 Å². The molecule has 0 radical (unpaired) electrons. The van der Waals surface area contributed by atoms with Gasteiger partial charge in [-0.2, -0.15) is 0 Å². The Morgan fingerprint density at radius 3 is 2.71 bits per heavy atom. The summed E-state index contributed by atoms with van der Waals surface area (Å²) in [4.78, 5) is 0.237. The number of hydrogen-bond acceptors (Lipinski definition) is 4. The number of methoxy groups -OCH3 is 1. The molecule has 0 saturated heterocycles. The molecule has 0 aliphatic rings. The molecule has 1 aromatic carbocycles. The highest BCUT2D eigenvalue weighted by atomic mass is 32.2. The molecule has 0 heterocycles. The first-order valence-electron chi connectivity index (χ1n) is 5.42. The molecule has 1 atom stereocenters. The fourth-order valence-corrected chi connectivity index (χ4v) is 2.22. The van der Waals surface area contributed by atoms with Gasteiger partial charge in [0, 0.05) is 20.0 Å². The van der Waals surface area contributed by atoms with Crippen molar-refractivity contribution in [3.05, 3.63) is 29.8 Å². The van der Waals surface area contributed by atoms with Crippen LogP contribution in [0.15, 0.2) is 29.2 Å². The molecule has 0 bridgehead atoms. The summed E-state index contributed by atoms with van der Waals surface area (Å²) in [6.45, 7) is 0.586. The second-order valence-electron chi connectivity index (χ2n) is 4.00. The third kappa shape index (κ3) is 4.46. The number of aliphatic hydroxyl groups excluding tert-OH is 1. The minimum absolute atomic E-state index is 0.237. The Morgan fingerprint density at radius 1 is 1.41 bits per heavy atom. The molecule has 1 rings (SSSR count). The highest BCUT2D eigenvalue weighted by Crippen LogP contribution is 2.21. The Balaban J connectivity index is 2.78. The maximum absolute atomic E-state index is 11.4. The van der Waals surface area contributed by atoms with E-state index in [1.54, 1.807) is 19.2 Å². The van der Waals surface area contributed by atoms with Crippen molar-refractivity contribution >= 4 is 9.84 Å². The van der Waals surface area contributed by atoms with E-state index in [0.717, 1.165) is 12.7 Å². The summed E-state index contributed by atoms with van der Waals surface area (Å²) in [5.41, 5.74) is 0.629. The minimum Gasteiger partial charge on any atom is -0.388 e. The third-order valence-corrected chi connectivity index (χ3v) is 3.61. The standard InChI is InChI=1S/C12H18O4S/c1-16-8-4-7-12(13)10-5-3-6-11(9-10)17(2,14)15/h3,5-6,9,12-13H,4,7-8H2,1-2H3. The molecule has 0 amide bonds. The predicted octanol–water partition coefficient (Wildman–Crippen LogP) is 1.55. The first-order valence-corrected chi connectivity index (χ1v) is 7.31. The van der Waals surface area contributed by atoms with Crippen LogP contribution < -0.4 is 0 Å². The van der Waals surface area contributed by atoms with E-state index in [1.165, 1.54) is 12.1 Å². The molecule has 1 N–H and O–H groups in total. The van der Waals surface area contributed by atoms with E-state index in [0.29, 0.717) is 18.6 Å². The van der Waals surface area contributed by atoms with Gasteiger partial charge in [0.25, 0.3) is 0 Å². The first kappa shape index (κ1) is 14.2. The maximum Gasteiger partial charge on any atom is 0.175 e. The SMILES string of the molecule is COCCCC(O)c1cccc(S(C)(=O)=O)c1. The molecular weight excluding hydrogens is 240 g/mol. The van der Waals surface area contributed by atoms with E-state index in [1.807, 2.05) is 0 Å². The van der Waals surface area contributed by atoms with Crippen LogP contribution in [0.4, 0.5) is 0 Å². The van der Waals surface area contributed by atoms with E-state index in [9.17, 15) is 13.5 Å². The smallest absolute Gasteiger partial charge is 0.175 e. The van der Waals surface area contributed by atoms with Crippen LogP contribution in [0.2, 0.25) is 0 Å². The fraction of sp³-hybridized carbons (Fsp3) is 0.500. The zero-order valence-corrected chi connectivity index (χ0v) is 10.9. The van der Waals surface area contributed by atoms with Crippen molar-refractivity contribution in [1.29, 1.82) is 0 Å². The summed E-state index contributed by atoms with van der Waals surface area (Å²) in [5.74, 6) is 0. The molecule has 1 aromatic rings. The molecule has 96 valence electrons. The van der Waals surface area contributed by atoms with Crippen LogP contribution in [-0.4, -0.2) is 33.5 Å². The molecule has 0 aliphatic carbocycles. The number of rotatable bonds is 6. The monoisotopic (exact) mass is 258 g/mol. The Bertz CT molecular complexity index is 453. The summed E-state index contributed by atoms with van der Waals surface area (Å²) in [6, 6.07) is 6.42. The number of hydrogen-bond donors (Lipinski definition) is 1. The van der Waals surface area contributed by atoms with Crippen molar-refractivity contribution in [3.8, 4) is 0 Å². The van der Waals surface area contributed by atoms with Crippen molar-refractivity contribution < 1.29 is 18.3 Å². The molecule has 0 aliphatic heterocycles. The number of aliphatic hydroxyl groups is 1. The van der Waals surface area contributed by atoms with Crippen molar-refractivity contribution in [2.75, 3.05) is 20.0 Å². The van der Waals surface area contributed by atoms with Crippen molar-refractivity contribution in [1.82, 2.24) is 0 Å². The summed E-state index contributed by atoms with van der Waals surface area (Å²) in [7, 11) is -1.61. The zero-order valence-electron chi connectivity index (χ0n) is 10.1. The Hall–Kier alpha value is -0.910. The van der Waals surface area contributed by atoms with Gasteiger partial charge in [-0.15, -0.1) is 0 Å². The zero-order chi connectivity index (χ0) is 12.9. The van der Waals surface area contributed by atoms with Crippen LogP contribution in [-0.2, 0) is 14.6 Å². The molecule has 17 heavy (non-hydrogen) atoms. The van der Waals surface area contributed by atoms with E-state index >= 15 is 0 Å². The van der Waals surface area contributed by atoms with E-state index in [-0.39, 0.29) is 4.90 Å². The Labute approximate surface area is 102 Å². The van der Waals surface area contributed by atoms with Crippen LogP contribution in [0.1, 0.15) is 24.5 Å². The van der Waals surface area contributed by atoms with Crippen LogP contribution in [0, 0.1) is 0 Å². The average molecular weight is 258 g/mol. The van der Waals surface area contributed by atoms with Gasteiger partial charge >= 0.3 is 0 Å². The second-order valence-corrected chi connectivity index (χ2v) is 6.01. The minimum atomic E-state index is -3.22.